The van der Waals surface area contributed by atoms with Crippen molar-refractivity contribution < 1.29 is 9.22 Å². The quantitative estimate of drug-likeness (QED) is 0.182. The molecule has 0 saturated heterocycles. The summed E-state index contributed by atoms with van der Waals surface area (Å²) in [4.78, 5) is 11.3. The van der Waals surface area contributed by atoms with E-state index in [1.54, 1.807) is 0 Å². The molecule has 0 unspecified atom stereocenters. The van der Waals surface area contributed by atoms with Crippen molar-refractivity contribution in [1.29, 1.82) is 0 Å². The Morgan fingerprint density at radius 1 is 0.680 bits per heavy atom. The third-order valence-electron chi connectivity index (χ3n) is 4.96. The molecule has 0 amide bonds. The third kappa shape index (κ3) is 19.9. The molecule has 2 nitrogen and oxygen atoms in total. The predicted octanol–water partition coefficient (Wildman–Crippen LogP) is 6.95. The number of rotatable bonds is 19. The molecule has 3 heteroatoms. The molecule has 0 atom stereocenters. The molecule has 0 aliphatic carbocycles. The van der Waals surface area contributed by atoms with Gasteiger partial charge in [-0.2, -0.15) is 0 Å². The summed E-state index contributed by atoms with van der Waals surface area (Å²) in [6.07, 6.45) is 22.6. The van der Waals surface area contributed by atoms with Crippen molar-refractivity contribution in [2.45, 2.75) is 130 Å². The van der Waals surface area contributed by atoms with E-state index in [4.69, 9.17) is 4.43 Å². The van der Waals surface area contributed by atoms with Crippen molar-refractivity contribution >= 4 is 15.7 Å². The fraction of sp³-hybridized carbons (Fsp3) is 0.955. The van der Waals surface area contributed by atoms with E-state index < -0.39 is 9.76 Å². The van der Waals surface area contributed by atoms with E-state index in [9.17, 15) is 4.79 Å². The summed E-state index contributed by atoms with van der Waals surface area (Å²) in [6.45, 7) is 6.10. The molecule has 0 aliphatic rings. The lowest BCUT2D eigenvalue weighted by Crippen LogP contribution is -2.14. The Labute approximate surface area is 160 Å². The lowest BCUT2D eigenvalue weighted by Gasteiger charge is -2.07. The fourth-order valence-corrected chi connectivity index (χ4v) is 4.40. The molecule has 150 valence electrons. The van der Waals surface area contributed by atoms with Crippen LogP contribution in [0.4, 0.5) is 0 Å². The summed E-state index contributed by atoms with van der Waals surface area (Å²) in [5.41, 5.74) is 0. The van der Waals surface area contributed by atoms with Crippen molar-refractivity contribution in [3.05, 3.63) is 0 Å². The molecule has 0 aromatic rings. The fourth-order valence-electron chi connectivity index (χ4n) is 3.17. The summed E-state index contributed by atoms with van der Waals surface area (Å²) < 4.78 is 5.33. The van der Waals surface area contributed by atoms with Gasteiger partial charge in [0.15, 0.2) is 0 Å². The van der Waals surface area contributed by atoms with Crippen molar-refractivity contribution in [3.8, 4) is 0 Å². The van der Waals surface area contributed by atoms with Crippen LogP contribution in [0.5, 0.6) is 0 Å². The summed E-state index contributed by atoms with van der Waals surface area (Å²) in [5, 5.41) is 0. The third-order valence-corrected chi connectivity index (χ3v) is 6.24. The first-order chi connectivity index (χ1) is 12.2. The first kappa shape index (κ1) is 24.7. The zero-order valence-electron chi connectivity index (χ0n) is 17.6. The highest BCUT2D eigenvalue weighted by atomic mass is 28.2. The number of unbranched alkanes of at least 4 members (excludes halogenated alkanes) is 15. The summed E-state index contributed by atoms with van der Waals surface area (Å²) in [6, 6.07) is 1.16. The molecule has 0 rings (SSSR count). The molecule has 0 fully saturated rings. The summed E-state index contributed by atoms with van der Waals surface area (Å²) >= 11 is 0. The minimum atomic E-state index is -0.593. The Kier molecular flexibility index (Phi) is 19.8. The second-order valence-electron chi connectivity index (χ2n) is 7.98. The lowest BCUT2D eigenvalue weighted by atomic mass is 10.0. The van der Waals surface area contributed by atoms with E-state index >= 15 is 0 Å². The van der Waals surface area contributed by atoms with Gasteiger partial charge in [0, 0.05) is 5.92 Å². The van der Waals surface area contributed by atoms with Gasteiger partial charge in [-0.25, -0.2) is 0 Å². The molecule has 25 heavy (non-hydrogen) atoms. The van der Waals surface area contributed by atoms with Crippen LogP contribution in [0.25, 0.3) is 0 Å². The number of hydrogen-bond donors (Lipinski definition) is 0. The highest BCUT2D eigenvalue weighted by Gasteiger charge is 2.06. The monoisotopic (exact) mass is 370 g/mol. The van der Waals surface area contributed by atoms with Gasteiger partial charge in [-0.3, -0.25) is 4.79 Å². The first-order valence-electron chi connectivity index (χ1n) is 11.3. The van der Waals surface area contributed by atoms with Gasteiger partial charge in [0.2, 0.25) is 9.76 Å². The normalized spacial score (nSPS) is 11.7. The van der Waals surface area contributed by atoms with Crippen molar-refractivity contribution in [3.63, 3.8) is 0 Å². The molecule has 0 aromatic carbocycles. The number of carbonyl (C=O) groups is 1. The average molecular weight is 371 g/mol. The van der Waals surface area contributed by atoms with Crippen LogP contribution >= 0.6 is 0 Å². The zero-order valence-corrected chi connectivity index (χ0v) is 19.0. The Balaban J connectivity index is 3.04. The van der Waals surface area contributed by atoms with Crippen LogP contribution in [0.3, 0.4) is 0 Å². The average Bonchev–Trinajstić information content (AvgIpc) is 2.60. The molecule has 0 bridgehead atoms. The van der Waals surface area contributed by atoms with Gasteiger partial charge in [0.05, 0.1) is 0 Å². The van der Waals surface area contributed by atoms with Crippen molar-refractivity contribution in [2.24, 2.45) is 5.92 Å². The number of hydrogen-bond acceptors (Lipinski definition) is 2. The zero-order chi connectivity index (χ0) is 18.6. The molecule has 0 heterocycles. The van der Waals surface area contributed by atoms with E-state index in [-0.39, 0.29) is 11.9 Å². The SMILES string of the molecule is CCCCCCCCCCCCCCCCCC[SiH2]OC(=O)C(C)C. The van der Waals surface area contributed by atoms with E-state index in [0.717, 1.165) is 6.04 Å². The molecular formula is C22H46O2Si. The molecule has 0 N–H and O–H groups in total. The maximum atomic E-state index is 11.3. The minimum Gasteiger partial charge on any atom is -0.525 e. The van der Waals surface area contributed by atoms with E-state index in [0.29, 0.717) is 0 Å². The smallest absolute Gasteiger partial charge is 0.294 e. The van der Waals surface area contributed by atoms with E-state index in [2.05, 4.69) is 6.92 Å². The van der Waals surface area contributed by atoms with Gasteiger partial charge >= 0.3 is 0 Å². The van der Waals surface area contributed by atoms with Crippen LogP contribution in [0.15, 0.2) is 0 Å². The van der Waals surface area contributed by atoms with Gasteiger partial charge in [0.25, 0.3) is 5.97 Å². The summed E-state index contributed by atoms with van der Waals surface area (Å²) in [7, 11) is -0.593. The lowest BCUT2D eigenvalue weighted by molar-refractivity contribution is -0.137. The maximum Gasteiger partial charge on any atom is 0.294 e. The van der Waals surface area contributed by atoms with Crippen molar-refractivity contribution in [2.75, 3.05) is 0 Å². The molecule has 0 saturated carbocycles. The Hall–Kier alpha value is -0.313. The minimum absolute atomic E-state index is 0.00293. The topological polar surface area (TPSA) is 26.3 Å². The van der Waals surface area contributed by atoms with Gasteiger partial charge in [0.1, 0.15) is 0 Å². The number of carbonyl (C=O) groups excluding carboxylic acids is 1. The van der Waals surface area contributed by atoms with Crippen molar-refractivity contribution in [1.82, 2.24) is 0 Å². The maximum absolute atomic E-state index is 11.3. The standard InChI is InChI=1S/C22H46O2Si/c1-4-5-6-7-8-9-10-11-12-13-14-15-16-17-18-19-20-25-24-22(23)21(2)3/h21H,4-20,25H2,1-3H3. The molecule has 0 aromatic heterocycles. The van der Waals surface area contributed by atoms with Gasteiger partial charge in [-0.15, -0.1) is 0 Å². The van der Waals surface area contributed by atoms with Crippen LogP contribution in [0.2, 0.25) is 6.04 Å². The second kappa shape index (κ2) is 20.0. The van der Waals surface area contributed by atoms with Crippen LogP contribution in [0, 0.1) is 5.92 Å². The van der Waals surface area contributed by atoms with Crippen LogP contribution in [-0.4, -0.2) is 15.7 Å². The first-order valence-corrected chi connectivity index (χ1v) is 12.9. The van der Waals surface area contributed by atoms with Gasteiger partial charge in [-0.05, 0) is 6.04 Å². The van der Waals surface area contributed by atoms with Crippen LogP contribution in [0.1, 0.15) is 124 Å². The molecule has 0 radical (unpaired) electrons. The Morgan fingerprint density at radius 3 is 1.40 bits per heavy atom. The van der Waals surface area contributed by atoms with Crippen LogP contribution < -0.4 is 0 Å². The molecule has 0 spiro atoms. The summed E-state index contributed by atoms with van der Waals surface area (Å²) in [5.74, 6) is 0.0430. The second-order valence-corrected chi connectivity index (χ2v) is 9.38. The Bertz CT molecular complexity index is 279. The molecular weight excluding hydrogens is 324 g/mol. The van der Waals surface area contributed by atoms with E-state index in [1.807, 2.05) is 13.8 Å². The van der Waals surface area contributed by atoms with Gasteiger partial charge < -0.3 is 4.43 Å². The largest absolute Gasteiger partial charge is 0.525 e. The van der Waals surface area contributed by atoms with E-state index in [1.165, 1.54) is 103 Å². The molecule has 0 aliphatic heterocycles. The predicted molar refractivity (Wildman–Crippen MR) is 114 cm³/mol. The van der Waals surface area contributed by atoms with Gasteiger partial charge in [-0.1, -0.05) is 124 Å². The highest BCUT2D eigenvalue weighted by molar-refractivity contribution is 6.30. The highest BCUT2D eigenvalue weighted by Crippen LogP contribution is 2.14. The van der Waals surface area contributed by atoms with Crippen LogP contribution in [-0.2, 0) is 9.22 Å². The Morgan fingerprint density at radius 2 is 1.04 bits per heavy atom.